The molecule has 1 spiro atoms. The number of esters is 1. The Hall–Kier alpha value is -2.59. The number of benzene rings is 1. The first-order chi connectivity index (χ1) is 16.6. The molecule has 2 fully saturated rings. The van der Waals surface area contributed by atoms with Gasteiger partial charge in [0.25, 0.3) is 0 Å². The van der Waals surface area contributed by atoms with Crippen molar-refractivity contribution in [2.75, 3.05) is 37.4 Å². The lowest BCUT2D eigenvalue weighted by atomic mass is 9.53. The van der Waals surface area contributed by atoms with Crippen LogP contribution in [-0.2, 0) is 24.5 Å². The number of carbonyl (C=O) groups excluding carboxylic acids is 2. The number of piperidine rings is 1. The number of rotatable bonds is 5. The minimum atomic E-state index is -5.00. The Morgan fingerprint density at radius 1 is 1.29 bits per heavy atom. The van der Waals surface area contributed by atoms with Gasteiger partial charge in [0.05, 0.1) is 24.2 Å². The maximum atomic E-state index is 13.1. The van der Waals surface area contributed by atoms with Crippen molar-refractivity contribution < 1.29 is 32.2 Å². The van der Waals surface area contributed by atoms with Crippen LogP contribution in [0.1, 0.15) is 45.1 Å². The molecule has 7 nitrogen and oxygen atoms in total. The van der Waals surface area contributed by atoms with Gasteiger partial charge in [-0.15, -0.1) is 0 Å². The zero-order valence-electron chi connectivity index (χ0n) is 20.1. The first-order valence-electron chi connectivity index (χ1n) is 12.1. The maximum absolute atomic E-state index is 13.1. The van der Waals surface area contributed by atoms with Crippen molar-refractivity contribution >= 4 is 23.3 Å². The molecule has 0 radical (unpaired) electrons. The average Bonchev–Trinajstić information content (AvgIpc) is 3.34. The molecule has 0 bridgehead atoms. The summed E-state index contributed by atoms with van der Waals surface area (Å²) in [6.45, 7) is 6.04. The van der Waals surface area contributed by atoms with Crippen LogP contribution in [0.15, 0.2) is 29.5 Å². The van der Waals surface area contributed by atoms with E-state index in [-0.39, 0.29) is 23.2 Å². The highest BCUT2D eigenvalue weighted by Crippen LogP contribution is 2.66. The summed E-state index contributed by atoms with van der Waals surface area (Å²) in [5.74, 6) is -2.43. The number of methoxy groups -OCH3 is 1. The molecule has 1 aliphatic carbocycles. The van der Waals surface area contributed by atoms with E-state index in [0.717, 1.165) is 37.1 Å². The summed E-state index contributed by atoms with van der Waals surface area (Å²) < 4.78 is 50.5. The molecule has 1 unspecified atom stereocenters. The van der Waals surface area contributed by atoms with Gasteiger partial charge in [0.15, 0.2) is 0 Å². The highest BCUT2D eigenvalue weighted by Gasteiger charge is 2.70. The molecule has 5 rings (SSSR count). The molecular weight excluding hydrogens is 463 g/mol. The summed E-state index contributed by atoms with van der Waals surface area (Å²) in [5, 5.41) is 5.43. The zero-order chi connectivity index (χ0) is 25.2. The molecule has 190 valence electrons. The molecule has 2 saturated heterocycles. The highest BCUT2D eigenvalue weighted by atomic mass is 19.4. The van der Waals surface area contributed by atoms with Crippen LogP contribution < -0.4 is 10.6 Å². The first-order valence-corrected chi connectivity index (χ1v) is 12.1. The lowest BCUT2D eigenvalue weighted by Crippen LogP contribution is -2.61. The molecule has 4 atom stereocenters. The first kappa shape index (κ1) is 24.1. The molecule has 3 heterocycles. The monoisotopic (exact) mass is 493 g/mol. The molecule has 0 saturated carbocycles. The number of fused-ring (bicyclic) bond motifs is 1. The molecule has 1 aromatic carbocycles. The number of hydrogen-bond acceptors (Lipinski definition) is 6. The molecule has 10 heteroatoms. The Balaban J connectivity index is 1.75. The predicted octanol–water partition coefficient (Wildman–Crippen LogP) is 3.96. The minimum absolute atomic E-state index is 0.00368. The van der Waals surface area contributed by atoms with Crippen molar-refractivity contribution in [1.29, 1.82) is 0 Å². The number of anilines is 2. The lowest BCUT2D eigenvalue weighted by molar-refractivity contribution is -0.167. The van der Waals surface area contributed by atoms with Crippen LogP contribution in [0, 0.1) is 5.41 Å². The molecule has 3 aliphatic heterocycles. The summed E-state index contributed by atoms with van der Waals surface area (Å²) in [6, 6.07) is 4.72. The molecule has 0 aromatic heterocycles. The molecule has 35 heavy (non-hydrogen) atoms. The summed E-state index contributed by atoms with van der Waals surface area (Å²) in [5.41, 5.74) is 1.79. The van der Waals surface area contributed by atoms with Crippen LogP contribution in [0.2, 0.25) is 0 Å². The van der Waals surface area contributed by atoms with Crippen LogP contribution in [-0.4, -0.2) is 61.9 Å². The van der Waals surface area contributed by atoms with E-state index < -0.39 is 23.5 Å². The molecule has 1 amide bonds. The van der Waals surface area contributed by atoms with Crippen molar-refractivity contribution in [3.8, 4) is 0 Å². The van der Waals surface area contributed by atoms with Gasteiger partial charge in [-0.1, -0.05) is 6.92 Å². The van der Waals surface area contributed by atoms with Gasteiger partial charge >= 0.3 is 18.1 Å². The SMILES string of the molecule is CCOC1CN2CCC[C@@]3(CC)CC(C(=O)OC)=C4Nc5ccc(NC(=O)C(F)(F)F)cc5[C@]41[C@@H]23. The predicted molar refractivity (Wildman–Crippen MR) is 123 cm³/mol. The number of carbonyl (C=O) groups is 2. The second-order valence-corrected chi connectivity index (χ2v) is 9.89. The Morgan fingerprint density at radius 2 is 2.06 bits per heavy atom. The third kappa shape index (κ3) is 3.32. The van der Waals surface area contributed by atoms with Gasteiger partial charge in [0, 0.05) is 36.3 Å². The van der Waals surface area contributed by atoms with E-state index in [0.29, 0.717) is 30.8 Å². The molecular formula is C25H30F3N3O4. The standard InChI is InChI=1S/C25H30F3N3O4/c1-4-23-9-6-10-31-13-18(35-5-2)24(21(23)31)16-11-14(29-22(33)25(26,27)28)7-8-17(16)30-19(24)15(12-23)20(32)34-3/h7-8,11,18,21,30H,4-6,9-10,12-13H2,1-3H3,(H,29,33)/t18?,21-,23-,24+/m0/s1. The van der Waals surface area contributed by atoms with Gasteiger partial charge in [0.2, 0.25) is 0 Å². The van der Waals surface area contributed by atoms with Crippen LogP contribution in [0.25, 0.3) is 0 Å². The lowest BCUT2D eigenvalue weighted by Gasteiger charge is -2.56. The van der Waals surface area contributed by atoms with E-state index in [1.165, 1.54) is 13.2 Å². The van der Waals surface area contributed by atoms with E-state index in [1.54, 1.807) is 12.1 Å². The fourth-order valence-electron chi connectivity index (χ4n) is 7.18. The smallest absolute Gasteiger partial charge is 0.466 e. The van der Waals surface area contributed by atoms with Crippen LogP contribution in [0.4, 0.5) is 24.5 Å². The average molecular weight is 494 g/mol. The van der Waals surface area contributed by atoms with Crippen molar-refractivity contribution in [2.45, 2.75) is 63.3 Å². The van der Waals surface area contributed by atoms with E-state index in [2.05, 4.69) is 17.1 Å². The number of halogens is 3. The van der Waals surface area contributed by atoms with Crippen LogP contribution in [0.5, 0.6) is 0 Å². The van der Waals surface area contributed by atoms with Gasteiger partial charge in [-0.3, -0.25) is 9.69 Å². The topological polar surface area (TPSA) is 79.9 Å². The van der Waals surface area contributed by atoms with Gasteiger partial charge in [-0.2, -0.15) is 13.2 Å². The van der Waals surface area contributed by atoms with Gasteiger partial charge in [-0.25, -0.2) is 4.79 Å². The van der Waals surface area contributed by atoms with Crippen LogP contribution >= 0.6 is 0 Å². The summed E-state index contributed by atoms with van der Waals surface area (Å²) in [7, 11) is 1.36. The van der Waals surface area contributed by atoms with E-state index in [4.69, 9.17) is 9.47 Å². The second kappa shape index (κ2) is 8.23. The van der Waals surface area contributed by atoms with Crippen molar-refractivity contribution in [3.63, 3.8) is 0 Å². The van der Waals surface area contributed by atoms with E-state index >= 15 is 0 Å². The highest BCUT2D eigenvalue weighted by molar-refractivity contribution is 5.96. The Morgan fingerprint density at radius 3 is 2.71 bits per heavy atom. The van der Waals surface area contributed by atoms with Crippen LogP contribution in [0.3, 0.4) is 0 Å². The van der Waals surface area contributed by atoms with E-state index in [1.807, 2.05) is 12.2 Å². The number of alkyl halides is 3. The fourth-order valence-corrected chi connectivity index (χ4v) is 7.18. The normalized spacial score (nSPS) is 31.4. The molecule has 1 aromatic rings. The Bertz CT molecular complexity index is 1100. The van der Waals surface area contributed by atoms with Gasteiger partial charge in [-0.05, 0) is 68.3 Å². The van der Waals surface area contributed by atoms with Gasteiger partial charge < -0.3 is 20.1 Å². The largest absolute Gasteiger partial charge is 0.471 e. The number of nitrogens with one attached hydrogen (secondary N) is 2. The third-order valence-corrected chi connectivity index (χ3v) is 8.39. The number of hydrogen-bond donors (Lipinski definition) is 2. The summed E-state index contributed by atoms with van der Waals surface area (Å²) >= 11 is 0. The molecule has 2 N–H and O–H groups in total. The minimum Gasteiger partial charge on any atom is -0.466 e. The quantitative estimate of drug-likeness (QED) is 0.605. The second-order valence-electron chi connectivity index (χ2n) is 9.89. The maximum Gasteiger partial charge on any atom is 0.471 e. The van der Waals surface area contributed by atoms with Gasteiger partial charge in [0.1, 0.15) is 0 Å². The number of ether oxygens (including phenoxy) is 2. The number of nitrogens with zero attached hydrogens (tertiary/aromatic N) is 1. The van der Waals surface area contributed by atoms with Crippen molar-refractivity contribution in [2.24, 2.45) is 5.41 Å². The summed E-state index contributed by atoms with van der Waals surface area (Å²) in [6.07, 6.45) is -2.00. The Kier molecular flexibility index (Phi) is 5.67. The molecule has 4 aliphatic rings. The summed E-state index contributed by atoms with van der Waals surface area (Å²) in [4.78, 5) is 27.2. The Labute approximate surface area is 202 Å². The van der Waals surface area contributed by atoms with E-state index in [9.17, 15) is 22.8 Å². The number of amides is 1. The third-order valence-electron chi connectivity index (χ3n) is 8.39. The van der Waals surface area contributed by atoms with Crippen molar-refractivity contribution in [1.82, 2.24) is 4.90 Å². The zero-order valence-corrected chi connectivity index (χ0v) is 20.1. The van der Waals surface area contributed by atoms with Crippen molar-refractivity contribution in [3.05, 3.63) is 35.0 Å². The fraction of sp³-hybridized carbons (Fsp3) is 0.600.